The molecule has 0 saturated heterocycles. The van der Waals surface area contributed by atoms with E-state index in [1.807, 2.05) is 26.0 Å². The van der Waals surface area contributed by atoms with Crippen molar-refractivity contribution in [1.82, 2.24) is 5.32 Å². The second kappa shape index (κ2) is 7.02. The number of hydrogen-bond donors (Lipinski definition) is 1. The summed E-state index contributed by atoms with van der Waals surface area (Å²) in [5.74, 6) is -0.0868. The number of halogens is 2. The van der Waals surface area contributed by atoms with E-state index in [2.05, 4.69) is 10.1 Å². The molecule has 116 valence electrons. The molecule has 0 bridgehead atoms. The third-order valence-corrected chi connectivity index (χ3v) is 3.27. The van der Waals surface area contributed by atoms with Crippen LogP contribution in [0.5, 0.6) is 5.75 Å². The average molecular weight is 305 g/mol. The molecule has 0 saturated carbocycles. The first-order chi connectivity index (χ1) is 10.5. The molecule has 5 heteroatoms. The van der Waals surface area contributed by atoms with Gasteiger partial charge in [-0.25, -0.2) is 0 Å². The molecule has 0 aromatic heterocycles. The monoisotopic (exact) mass is 305 g/mol. The van der Waals surface area contributed by atoms with Crippen LogP contribution in [0.1, 0.15) is 34.5 Å². The average Bonchev–Trinajstić information content (AvgIpc) is 2.48. The van der Waals surface area contributed by atoms with Crippen LogP contribution in [-0.4, -0.2) is 12.5 Å². The Balaban J connectivity index is 2.00. The number of amides is 1. The molecular weight excluding hydrogens is 288 g/mol. The second-order valence-electron chi connectivity index (χ2n) is 5.01. The minimum atomic E-state index is -2.84. The van der Waals surface area contributed by atoms with Crippen molar-refractivity contribution in [3.63, 3.8) is 0 Å². The van der Waals surface area contributed by atoms with Crippen LogP contribution < -0.4 is 10.1 Å². The first-order valence-corrected chi connectivity index (χ1v) is 6.88. The molecule has 0 spiro atoms. The van der Waals surface area contributed by atoms with Gasteiger partial charge in [0.25, 0.3) is 5.91 Å². The fraction of sp³-hybridized carbons (Fsp3) is 0.235. The van der Waals surface area contributed by atoms with Crippen molar-refractivity contribution >= 4 is 5.91 Å². The molecule has 0 fully saturated rings. The Morgan fingerprint density at radius 2 is 1.64 bits per heavy atom. The standard InChI is InChI=1S/C17H17F2NO2/c1-11-3-5-14(6-4-11)16(21)20-12(2)13-7-9-15(10-8-13)22-17(18)19/h3-10,12,17H,1-2H3,(H,20,21)/t12-/m0/s1. The SMILES string of the molecule is Cc1ccc(C(=O)N[C@@H](C)c2ccc(OC(F)F)cc2)cc1. The molecule has 0 aliphatic carbocycles. The predicted octanol–water partition coefficient (Wildman–Crippen LogP) is 4.09. The van der Waals surface area contributed by atoms with Gasteiger partial charge in [0.2, 0.25) is 0 Å². The van der Waals surface area contributed by atoms with Gasteiger partial charge in [-0.15, -0.1) is 0 Å². The topological polar surface area (TPSA) is 38.3 Å². The number of benzene rings is 2. The second-order valence-corrected chi connectivity index (χ2v) is 5.01. The molecule has 22 heavy (non-hydrogen) atoms. The van der Waals surface area contributed by atoms with E-state index in [1.165, 1.54) is 12.1 Å². The van der Waals surface area contributed by atoms with Gasteiger partial charge < -0.3 is 10.1 Å². The fourth-order valence-corrected chi connectivity index (χ4v) is 2.01. The number of hydrogen-bond acceptors (Lipinski definition) is 2. The molecule has 0 radical (unpaired) electrons. The van der Waals surface area contributed by atoms with Crippen molar-refractivity contribution in [3.05, 3.63) is 65.2 Å². The highest BCUT2D eigenvalue weighted by Gasteiger charge is 2.12. The Morgan fingerprint density at radius 3 is 2.18 bits per heavy atom. The zero-order chi connectivity index (χ0) is 16.1. The largest absolute Gasteiger partial charge is 0.435 e. The summed E-state index contributed by atoms with van der Waals surface area (Å²) in [7, 11) is 0. The zero-order valence-electron chi connectivity index (χ0n) is 12.3. The van der Waals surface area contributed by atoms with Crippen molar-refractivity contribution in [1.29, 1.82) is 0 Å². The molecule has 2 aromatic rings. The summed E-state index contributed by atoms with van der Waals surface area (Å²) in [5, 5.41) is 2.86. The molecule has 0 aliphatic heterocycles. The molecule has 3 nitrogen and oxygen atoms in total. The number of carbonyl (C=O) groups excluding carboxylic acids is 1. The molecule has 1 N–H and O–H groups in total. The lowest BCUT2D eigenvalue weighted by molar-refractivity contribution is -0.0498. The number of alkyl halides is 2. The number of ether oxygens (including phenoxy) is 1. The Morgan fingerprint density at radius 1 is 1.05 bits per heavy atom. The lowest BCUT2D eigenvalue weighted by atomic mass is 10.1. The van der Waals surface area contributed by atoms with Gasteiger partial charge in [-0.3, -0.25) is 4.79 Å². The Bertz CT molecular complexity index is 624. The smallest absolute Gasteiger partial charge is 0.387 e. The Hall–Kier alpha value is -2.43. The minimum Gasteiger partial charge on any atom is -0.435 e. The van der Waals surface area contributed by atoms with Crippen molar-refractivity contribution in [3.8, 4) is 5.75 Å². The molecule has 1 amide bonds. The van der Waals surface area contributed by atoms with E-state index < -0.39 is 6.61 Å². The maximum atomic E-state index is 12.1. The van der Waals surface area contributed by atoms with Crippen LogP contribution in [-0.2, 0) is 0 Å². The number of rotatable bonds is 5. The first kappa shape index (κ1) is 15.9. The summed E-state index contributed by atoms with van der Waals surface area (Å²) in [5.41, 5.74) is 2.47. The summed E-state index contributed by atoms with van der Waals surface area (Å²) >= 11 is 0. The van der Waals surface area contributed by atoms with Gasteiger partial charge >= 0.3 is 6.61 Å². The number of nitrogens with one attached hydrogen (secondary N) is 1. The van der Waals surface area contributed by atoms with E-state index in [4.69, 9.17) is 0 Å². The van der Waals surface area contributed by atoms with Gasteiger partial charge in [0.05, 0.1) is 6.04 Å². The van der Waals surface area contributed by atoms with Crippen LogP contribution in [0.15, 0.2) is 48.5 Å². The number of aryl methyl sites for hydroxylation is 1. The molecule has 0 unspecified atom stereocenters. The van der Waals surface area contributed by atoms with Gasteiger partial charge in [-0.2, -0.15) is 8.78 Å². The molecule has 1 atom stereocenters. The normalized spacial score (nSPS) is 12.0. The lowest BCUT2D eigenvalue weighted by Crippen LogP contribution is -2.26. The predicted molar refractivity (Wildman–Crippen MR) is 80.1 cm³/mol. The third-order valence-electron chi connectivity index (χ3n) is 3.27. The third kappa shape index (κ3) is 4.28. The first-order valence-electron chi connectivity index (χ1n) is 6.88. The summed E-state index contributed by atoms with van der Waals surface area (Å²) in [6.07, 6.45) is 0. The van der Waals surface area contributed by atoms with Crippen LogP contribution in [0, 0.1) is 6.92 Å². The van der Waals surface area contributed by atoms with Gasteiger partial charge in [0, 0.05) is 5.56 Å². The molecule has 2 rings (SSSR count). The van der Waals surface area contributed by atoms with Crippen LogP contribution in [0.3, 0.4) is 0 Å². The van der Waals surface area contributed by atoms with Crippen molar-refractivity contribution in [2.24, 2.45) is 0 Å². The highest BCUT2D eigenvalue weighted by atomic mass is 19.3. The Kier molecular flexibility index (Phi) is 5.09. The Labute approximate surface area is 127 Å². The van der Waals surface area contributed by atoms with E-state index in [9.17, 15) is 13.6 Å². The van der Waals surface area contributed by atoms with Crippen LogP contribution in [0.4, 0.5) is 8.78 Å². The molecule has 2 aromatic carbocycles. The van der Waals surface area contributed by atoms with Crippen molar-refractivity contribution in [2.45, 2.75) is 26.5 Å². The molecular formula is C17H17F2NO2. The van der Waals surface area contributed by atoms with Crippen LogP contribution in [0.25, 0.3) is 0 Å². The van der Waals surface area contributed by atoms with E-state index in [1.54, 1.807) is 24.3 Å². The zero-order valence-corrected chi connectivity index (χ0v) is 12.3. The van der Waals surface area contributed by atoms with Crippen LogP contribution in [0.2, 0.25) is 0 Å². The maximum absolute atomic E-state index is 12.1. The van der Waals surface area contributed by atoms with Crippen molar-refractivity contribution in [2.75, 3.05) is 0 Å². The highest BCUT2D eigenvalue weighted by Crippen LogP contribution is 2.19. The fourth-order valence-electron chi connectivity index (χ4n) is 2.01. The summed E-state index contributed by atoms with van der Waals surface area (Å²) < 4.78 is 28.5. The molecule has 0 heterocycles. The van der Waals surface area contributed by atoms with E-state index in [0.29, 0.717) is 5.56 Å². The van der Waals surface area contributed by atoms with E-state index in [-0.39, 0.29) is 17.7 Å². The quantitative estimate of drug-likeness (QED) is 0.903. The van der Waals surface area contributed by atoms with Gasteiger partial charge in [-0.05, 0) is 43.7 Å². The number of carbonyl (C=O) groups is 1. The summed E-state index contributed by atoms with van der Waals surface area (Å²) in [4.78, 5) is 12.1. The minimum absolute atomic E-state index is 0.0933. The maximum Gasteiger partial charge on any atom is 0.387 e. The van der Waals surface area contributed by atoms with Crippen LogP contribution >= 0.6 is 0 Å². The van der Waals surface area contributed by atoms with E-state index >= 15 is 0 Å². The highest BCUT2D eigenvalue weighted by molar-refractivity contribution is 5.94. The van der Waals surface area contributed by atoms with E-state index in [0.717, 1.165) is 11.1 Å². The van der Waals surface area contributed by atoms with Gasteiger partial charge in [0.15, 0.2) is 0 Å². The molecule has 0 aliphatic rings. The van der Waals surface area contributed by atoms with Crippen molar-refractivity contribution < 1.29 is 18.3 Å². The lowest BCUT2D eigenvalue weighted by Gasteiger charge is -2.15. The summed E-state index contributed by atoms with van der Waals surface area (Å²) in [6.45, 7) is 0.937. The van der Waals surface area contributed by atoms with Gasteiger partial charge in [-0.1, -0.05) is 29.8 Å². The summed E-state index contributed by atoms with van der Waals surface area (Å²) in [6, 6.07) is 13.2. The van der Waals surface area contributed by atoms with Gasteiger partial charge in [0.1, 0.15) is 5.75 Å².